The van der Waals surface area contributed by atoms with Crippen molar-refractivity contribution in [2.45, 2.75) is 12.5 Å². The van der Waals surface area contributed by atoms with Gasteiger partial charge in [0.1, 0.15) is 0 Å². The van der Waals surface area contributed by atoms with Gasteiger partial charge in [0.25, 0.3) is 0 Å². The molecule has 0 aliphatic carbocycles. The fourth-order valence-corrected chi connectivity index (χ4v) is 0.839. The molecular weight excluding hydrogens is 306 g/mol. The molecule has 0 aromatic carbocycles. The van der Waals surface area contributed by atoms with Crippen molar-refractivity contribution >= 4 is 18.0 Å². The number of quaternary nitrogens is 1. The van der Waals surface area contributed by atoms with Crippen molar-refractivity contribution in [3.05, 3.63) is 0 Å². The first kappa shape index (κ1) is 12.4. The van der Waals surface area contributed by atoms with E-state index in [4.69, 9.17) is 0 Å². The molecule has 1 unspecified atom stereocenters. The van der Waals surface area contributed by atoms with Crippen LogP contribution in [0.1, 0.15) is 6.42 Å². The smallest absolute Gasteiger partial charge is 0 e. The Morgan fingerprint density at radius 2 is 2.33 bits per heavy atom. The van der Waals surface area contributed by atoms with Gasteiger partial charge in [-0.1, -0.05) is 0 Å². The maximum atomic E-state index is 9.81. The van der Waals surface area contributed by atoms with Gasteiger partial charge in [-0.25, -0.2) is 6.29 Å². The van der Waals surface area contributed by atoms with E-state index in [-0.39, 0.29) is 27.1 Å². The van der Waals surface area contributed by atoms with Crippen molar-refractivity contribution in [2.24, 2.45) is 0 Å². The fraction of sp³-hybridized carbons (Fsp3) is 0.800. The summed E-state index contributed by atoms with van der Waals surface area (Å²) in [6, 6.07) is -0.123. The number of rotatable bonds is 4. The van der Waals surface area contributed by atoms with Crippen LogP contribution in [0.2, 0.25) is 0 Å². The predicted molar refractivity (Wildman–Crippen MR) is 35.4 cm³/mol. The second-order valence-corrected chi connectivity index (χ2v) is 2.58. The van der Waals surface area contributed by atoms with Crippen LogP contribution < -0.4 is 5.73 Å². The van der Waals surface area contributed by atoms with Crippen LogP contribution >= 0.6 is 11.8 Å². The van der Waals surface area contributed by atoms with Crippen LogP contribution in [0.3, 0.4) is 0 Å². The first-order valence-corrected chi connectivity index (χ1v) is 3.90. The number of thioether (sulfide) groups is 1. The van der Waals surface area contributed by atoms with Gasteiger partial charge in [-0.05, 0) is 24.5 Å². The maximum absolute atomic E-state index is 9.81. The van der Waals surface area contributed by atoms with E-state index in [1.165, 1.54) is 0 Å². The molecule has 3 N–H and O–H groups in total. The largest absolute Gasteiger partial charge is 0.536 e. The van der Waals surface area contributed by atoms with Gasteiger partial charge in [0.2, 0.25) is 0 Å². The van der Waals surface area contributed by atoms with Crippen LogP contribution in [-0.4, -0.2) is 24.3 Å². The molecule has 9 heavy (non-hydrogen) atoms. The first-order valence-electron chi connectivity index (χ1n) is 2.51. The Kier molecular flexibility index (Phi) is 11.9. The molecule has 0 heterocycles. The zero-order chi connectivity index (χ0) is 6.41. The third kappa shape index (κ3) is 8.67. The molecule has 0 aromatic heterocycles. The summed E-state index contributed by atoms with van der Waals surface area (Å²) >= 11 is 1.73. The molecule has 4 heteroatoms. The number of hydrogen-bond donors (Lipinski definition) is 1. The number of hydrogen-bond acceptors (Lipinski definition) is 2. The predicted octanol–water partition coefficient (Wildman–Crippen LogP) is -0.543. The van der Waals surface area contributed by atoms with E-state index in [1.54, 1.807) is 11.8 Å². The molecule has 2 nitrogen and oxygen atoms in total. The molecule has 0 aromatic rings. The van der Waals surface area contributed by atoms with Gasteiger partial charge in [-0.15, -0.1) is 0 Å². The van der Waals surface area contributed by atoms with Gasteiger partial charge < -0.3 is 10.5 Å². The van der Waals surface area contributed by atoms with Crippen molar-refractivity contribution in [2.75, 3.05) is 12.0 Å². The minimum atomic E-state index is -0.123. The average molecular weight is 317 g/mol. The summed E-state index contributed by atoms with van der Waals surface area (Å²) in [5, 5.41) is 0. The molecule has 0 aliphatic heterocycles. The first-order chi connectivity index (χ1) is 3.81. The van der Waals surface area contributed by atoms with Gasteiger partial charge in [-0.2, -0.15) is 11.8 Å². The van der Waals surface area contributed by atoms with Crippen molar-refractivity contribution in [1.82, 2.24) is 0 Å². The van der Waals surface area contributed by atoms with Gasteiger partial charge in [-0.3, -0.25) is 0 Å². The molecule has 0 saturated carbocycles. The van der Waals surface area contributed by atoms with E-state index in [1.807, 2.05) is 12.5 Å². The second kappa shape index (κ2) is 8.67. The van der Waals surface area contributed by atoms with E-state index in [9.17, 15) is 4.79 Å². The van der Waals surface area contributed by atoms with E-state index in [0.29, 0.717) is 0 Å². The summed E-state index contributed by atoms with van der Waals surface area (Å²) in [4.78, 5) is 9.81. The Morgan fingerprint density at radius 3 is 2.67 bits per heavy atom. The maximum Gasteiger partial charge on any atom is 0 e. The van der Waals surface area contributed by atoms with Gasteiger partial charge >= 0.3 is 0 Å². The molecule has 0 fully saturated rings. The topological polar surface area (TPSA) is 44.7 Å². The third-order valence-corrected chi connectivity index (χ3v) is 1.48. The van der Waals surface area contributed by atoms with E-state index < -0.39 is 0 Å². The van der Waals surface area contributed by atoms with Crippen LogP contribution in [0.4, 0.5) is 0 Å². The van der Waals surface area contributed by atoms with Crippen molar-refractivity contribution in [3.63, 3.8) is 0 Å². The Bertz CT molecular complexity index is 72.0. The summed E-state index contributed by atoms with van der Waals surface area (Å²) < 4.78 is 0. The Hall–Kier alpha value is 0.668. The Morgan fingerprint density at radius 1 is 1.78 bits per heavy atom. The monoisotopic (exact) mass is 317 g/mol. The zero-order valence-electron chi connectivity index (χ0n) is 5.42. The molecule has 0 spiro atoms. The van der Waals surface area contributed by atoms with E-state index in [2.05, 4.69) is 5.73 Å². The molecule has 0 radical (unpaired) electrons. The fourth-order valence-electron chi connectivity index (χ4n) is 0.319. The summed E-state index contributed by atoms with van der Waals surface area (Å²) in [6.07, 6.45) is 4.69. The normalized spacial score (nSPS) is 11.8. The van der Waals surface area contributed by atoms with Crippen molar-refractivity contribution in [3.8, 4) is 0 Å². The average Bonchev–Trinajstić information content (AvgIpc) is 1.83. The molecule has 54 valence electrons. The molecule has 0 rings (SSSR count). The summed E-state index contributed by atoms with van der Waals surface area (Å²) in [6.45, 7) is 0. The molecule has 0 saturated heterocycles. The third-order valence-electron chi connectivity index (χ3n) is 0.837. The standard InChI is InChI=1S/C5H10NOS.W/c1-8-3-2-5(6)4-7;/h5H,2-3,6H2,1H3;/q-1;/p+1. The van der Waals surface area contributed by atoms with Gasteiger partial charge in [0.15, 0.2) is 0 Å². The summed E-state index contributed by atoms with van der Waals surface area (Å²) in [7, 11) is 0. The SMILES string of the molecule is CSCCC([NH3+])[C-]=O.[W]. The van der Waals surface area contributed by atoms with Crippen LogP contribution in [0.25, 0.3) is 0 Å². The summed E-state index contributed by atoms with van der Waals surface area (Å²) in [5.74, 6) is 1.00. The van der Waals surface area contributed by atoms with Crippen molar-refractivity contribution < 1.29 is 31.6 Å². The quantitative estimate of drug-likeness (QED) is 0.708. The minimum Gasteiger partial charge on any atom is -0.536 e. The van der Waals surface area contributed by atoms with Crippen molar-refractivity contribution in [1.29, 1.82) is 0 Å². The van der Waals surface area contributed by atoms with Crippen LogP contribution in [0, 0.1) is 0 Å². The summed E-state index contributed by atoms with van der Waals surface area (Å²) in [5.41, 5.74) is 3.56. The Balaban J connectivity index is 0. The number of carbonyl (C=O) groups excluding carboxylic acids is 1. The molecule has 0 bridgehead atoms. The van der Waals surface area contributed by atoms with Crippen LogP contribution in [-0.2, 0) is 25.9 Å². The second-order valence-electron chi connectivity index (χ2n) is 1.60. The molecule has 0 amide bonds. The Labute approximate surface area is 74.2 Å². The van der Waals surface area contributed by atoms with Crippen LogP contribution in [0.5, 0.6) is 0 Å². The molecule has 1 atom stereocenters. The van der Waals surface area contributed by atoms with E-state index >= 15 is 0 Å². The van der Waals surface area contributed by atoms with Gasteiger partial charge in [0, 0.05) is 21.1 Å². The zero-order valence-corrected chi connectivity index (χ0v) is 9.17. The molecular formula is C5H11NOSW. The van der Waals surface area contributed by atoms with Gasteiger partial charge in [0.05, 0.1) is 0 Å². The van der Waals surface area contributed by atoms with Crippen LogP contribution in [0.15, 0.2) is 0 Å². The minimum absolute atomic E-state index is 0. The molecule has 0 aliphatic rings. The van der Waals surface area contributed by atoms with E-state index in [0.717, 1.165) is 12.2 Å².